The molecule has 1 aliphatic heterocycles. The summed E-state index contributed by atoms with van der Waals surface area (Å²) in [5.74, 6) is -3.13. The fourth-order valence-electron chi connectivity index (χ4n) is 4.03. The van der Waals surface area contributed by atoms with Gasteiger partial charge in [-0.15, -0.1) is 11.3 Å². The van der Waals surface area contributed by atoms with Gasteiger partial charge in [0.2, 0.25) is 11.8 Å². The fraction of sp³-hybridized carbons (Fsp3) is 0.250. The molecule has 0 radical (unpaired) electrons. The first kappa shape index (κ1) is 24.6. The highest BCUT2D eigenvalue weighted by molar-refractivity contribution is 7.70. The number of nitrogens with one attached hydrogen (secondary N) is 1. The molecule has 0 aliphatic carbocycles. The van der Waals surface area contributed by atoms with E-state index in [-0.39, 0.29) is 36.5 Å². The van der Waals surface area contributed by atoms with E-state index in [1.54, 1.807) is 49.7 Å². The minimum Gasteiger partial charge on any atom is -0.344 e. The number of anilines is 1. The molecule has 0 bridgehead atoms. The van der Waals surface area contributed by atoms with Gasteiger partial charge in [0.15, 0.2) is 11.6 Å². The third-order valence-electron chi connectivity index (χ3n) is 5.63. The Morgan fingerprint density at radius 3 is 2.53 bits per heavy atom. The molecule has 1 saturated heterocycles. The summed E-state index contributed by atoms with van der Waals surface area (Å²) in [6, 6.07) is 11.9. The summed E-state index contributed by atoms with van der Waals surface area (Å²) in [6.07, 6.45) is 0.354. The third-order valence-corrected chi connectivity index (χ3v) is 8.41. The number of amides is 2. The van der Waals surface area contributed by atoms with Crippen LogP contribution in [0.2, 0.25) is 4.34 Å². The van der Waals surface area contributed by atoms with Crippen LogP contribution in [-0.2, 0) is 20.6 Å². The van der Waals surface area contributed by atoms with Crippen molar-refractivity contribution in [2.45, 2.75) is 18.9 Å². The lowest BCUT2D eigenvalue weighted by Gasteiger charge is -2.20. The Labute approximate surface area is 205 Å². The Morgan fingerprint density at radius 2 is 1.85 bits per heavy atom. The standard InChI is InChI=1S/C24H22ClF2N2O3PS/c1-33(2,32)19-6-4-3-5-15(19)16-8-9-18(23(27)22(16)26)29-12-11-17(24(29)31)28-21(30)13-14-7-10-20(25)34-14/h3-10,17H,11-13H2,1-2H3,(H,28,30)/t17-/m1/s1. The molecule has 1 fully saturated rings. The smallest absolute Gasteiger partial charge is 0.249 e. The summed E-state index contributed by atoms with van der Waals surface area (Å²) in [6.45, 7) is 3.28. The Morgan fingerprint density at radius 1 is 1.12 bits per heavy atom. The minimum absolute atomic E-state index is 0.0214. The van der Waals surface area contributed by atoms with Crippen LogP contribution < -0.4 is 15.5 Å². The Kier molecular flexibility index (Phi) is 6.94. The summed E-state index contributed by atoms with van der Waals surface area (Å²) in [5.41, 5.74) is 0.138. The van der Waals surface area contributed by atoms with E-state index in [0.717, 1.165) is 9.78 Å². The predicted octanol–water partition coefficient (Wildman–Crippen LogP) is 5.06. The first-order valence-corrected chi connectivity index (χ1v) is 14.3. The SMILES string of the molecule is CP(C)(=O)c1ccccc1-c1ccc(N2CC[C@@H](NC(=O)Cc3ccc(Cl)s3)C2=O)c(F)c1F. The molecule has 178 valence electrons. The summed E-state index contributed by atoms with van der Waals surface area (Å²) in [4.78, 5) is 27.1. The van der Waals surface area contributed by atoms with E-state index in [2.05, 4.69) is 5.32 Å². The number of rotatable bonds is 6. The van der Waals surface area contributed by atoms with Gasteiger partial charge < -0.3 is 14.8 Å². The molecule has 2 amide bonds. The van der Waals surface area contributed by atoms with Crippen molar-refractivity contribution in [2.24, 2.45) is 0 Å². The Bertz CT molecular complexity index is 1320. The van der Waals surface area contributed by atoms with E-state index in [1.165, 1.54) is 23.5 Å². The number of benzene rings is 2. The first-order chi connectivity index (χ1) is 16.1. The van der Waals surface area contributed by atoms with Crippen LogP contribution in [-0.4, -0.2) is 37.7 Å². The van der Waals surface area contributed by atoms with Crippen molar-refractivity contribution in [1.82, 2.24) is 5.32 Å². The first-order valence-electron chi connectivity index (χ1n) is 10.5. The van der Waals surface area contributed by atoms with Gasteiger partial charge in [-0.3, -0.25) is 9.59 Å². The number of halogens is 3. The van der Waals surface area contributed by atoms with Crippen LogP contribution in [0.1, 0.15) is 11.3 Å². The normalized spacial score (nSPS) is 16.2. The number of thiophene rings is 1. The molecule has 3 aromatic rings. The van der Waals surface area contributed by atoms with Crippen molar-refractivity contribution < 1.29 is 22.9 Å². The molecule has 2 heterocycles. The van der Waals surface area contributed by atoms with Crippen LogP contribution in [0.15, 0.2) is 48.5 Å². The minimum atomic E-state index is -2.74. The second-order valence-electron chi connectivity index (χ2n) is 8.41. The molecule has 0 spiro atoms. The Hall–Kier alpha value is -2.54. The lowest BCUT2D eigenvalue weighted by Crippen LogP contribution is -2.42. The van der Waals surface area contributed by atoms with Gasteiger partial charge in [0, 0.05) is 22.3 Å². The molecule has 1 N–H and O–H groups in total. The fourth-order valence-corrected chi connectivity index (χ4v) is 6.34. The number of hydrogen-bond donors (Lipinski definition) is 1. The van der Waals surface area contributed by atoms with E-state index < -0.39 is 30.7 Å². The Balaban J connectivity index is 1.55. The van der Waals surface area contributed by atoms with Crippen molar-refractivity contribution in [3.05, 3.63) is 69.4 Å². The quantitative estimate of drug-likeness (QED) is 0.460. The summed E-state index contributed by atoms with van der Waals surface area (Å²) in [5, 5.41) is 3.12. The van der Waals surface area contributed by atoms with Crippen LogP contribution in [0.3, 0.4) is 0 Å². The zero-order valence-electron chi connectivity index (χ0n) is 18.5. The molecule has 5 nitrogen and oxygen atoms in total. The maximum atomic E-state index is 15.2. The molecular weight excluding hydrogens is 501 g/mol. The molecule has 1 aliphatic rings. The van der Waals surface area contributed by atoms with Crippen molar-refractivity contribution in [3.8, 4) is 11.1 Å². The van der Waals surface area contributed by atoms with Crippen LogP contribution in [0.4, 0.5) is 14.5 Å². The highest BCUT2D eigenvalue weighted by atomic mass is 35.5. The van der Waals surface area contributed by atoms with Gasteiger partial charge in [0.25, 0.3) is 0 Å². The topological polar surface area (TPSA) is 66.5 Å². The zero-order chi connectivity index (χ0) is 24.6. The van der Waals surface area contributed by atoms with E-state index in [0.29, 0.717) is 15.2 Å². The van der Waals surface area contributed by atoms with Crippen LogP contribution in [0.25, 0.3) is 11.1 Å². The van der Waals surface area contributed by atoms with Crippen molar-refractivity contribution in [2.75, 3.05) is 24.8 Å². The predicted molar refractivity (Wildman–Crippen MR) is 133 cm³/mol. The summed E-state index contributed by atoms with van der Waals surface area (Å²) < 4.78 is 43.5. The number of nitrogens with zero attached hydrogens (tertiary/aromatic N) is 1. The highest BCUT2D eigenvalue weighted by Gasteiger charge is 2.36. The summed E-state index contributed by atoms with van der Waals surface area (Å²) >= 11 is 7.16. The van der Waals surface area contributed by atoms with Crippen LogP contribution >= 0.6 is 30.1 Å². The van der Waals surface area contributed by atoms with Gasteiger partial charge in [0.05, 0.1) is 16.4 Å². The van der Waals surface area contributed by atoms with Gasteiger partial charge in [-0.25, -0.2) is 8.78 Å². The highest BCUT2D eigenvalue weighted by Crippen LogP contribution is 2.40. The average Bonchev–Trinajstić information content (AvgIpc) is 3.34. The molecule has 10 heteroatoms. The maximum absolute atomic E-state index is 15.2. The van der Waals surface area contributed by atoms with E-state index in [4.69, 9.17) is 11.6 Å². The maximum Gasteiger partial charge on any atom is 0.249 e. The molecule has 2 aromatic carbocycles. The van der Waals surface area contributed by atoms with E-state index in [9.17, 15) is 14.2 Å². The monoisotopic (exact) mass is 522 g/mol. The van der Waals surface area contributed by atoms with Crippen molar-refractivity contribution in [1.29, 1.82) is 0 Å². The van der Waals surface area contributed by atoms with E-state index >= 15 is 8.78 Å². The van der Waals surface area contributed by atoms with Gasteiger partial charge >= 0.3 is 0 Å². The zero-order valence-corrected chi connectivity index (χ0v) is 20.9. The molecule has 1 atom stereocenters. The average molecular weight is 523 g/mol. The number of carbonyl (C=O) groups excluding carboxylic acids is 2. The molecule has 0 saturated carbocycles. The lowest BCUT2D eigenvalue weighted by molar-refractivity contribution is -0.126. The van der Waals surface area contributed by atoms with Gasteiger partial charge in [0.1, 0.15) is 13.2 Å². The van der Waals surface area contributed by atoms with Crippen LogP contribution in [0, 0.1) is 11.6 Å². The second kappa shape index (κ2) is 9.61. The van der Waals surface area contributed by atoms with Crippen LogP contribution in [0.5, 0.6) is 0 Å². The third kappa shape index (κ3) is 4.95. The largest absolute Gasteiger partial charge is 0.344 e. The van der Waals surface area contributed by atoms with Gasteiger partial charge in [-0.1, -0.05) is 35.9 Å². The second-order valence-corrected chi connectivity index (χ2v) is 13.4. The molecule has 1 aromatic heterocycles. The lowest BCUT2D eigenvalue weighted by atomic mass is 10.0. The van der Waals surface area contributed by atoms with Gasteiger partial charge in [-0.05, 0) is 49.6 Å². The van der Waals surface area contributed by atoms with Gasteiger partial charge in [-0.2, -0.15) is 0 Å². The molecular formula is C24H22ClF2N2O3PS. The van der Waals surface area contributed by atoms with Crippen molar-refractivity contribution >= 4 is 52.9 Å². The molecule has 4 rings (SSSR count). The number of hydrogen-bond acceptors (Lipinski definition) is 4. The molecule has 34 heavy (non-hydrogen) atoms. The summed E-state index contributed by atoms with van der Waals surface area (Å²) in [7, 11) is -2.74. The molecule has 0 unspecified atom stereocenters. The number of carbonyl (C=O) groups is 2. The van der Waals surface area contributed by atoms with E-state index in [1.807, 2.05) is 0 Å². The van der Waals surface area contributed by atoms with Crippen molar-refractivity contribution in [3.63, 3.8) is 0 Å².